The molecule has 4 bridgehead atoms. The minimum absolute atomic E-state index is 0.00113. The molecule has 1 heterocycles. The van der Waals surface area contributed by atoms with Gasteiger partial charge in [-0.15, -0.1) is 0 Å². The molecule has 5 fully saturated rings. The normalized spacial score (nSPS) is 54.0. The summed E-state index contributed by atoms with van der Waals surface area (Å²) >= 11 is 0. The SMILES string of the molecule is CCC(=O)OC1CC2CC1C1C2C2CC1C1(COC(=O)C1)C2. The summed E-state index contributed by atoms with van der Waals surface area (Å²) in [6.07, 6.45) is 6.07. The van der Waals surface area contributed by atoms with Crippen LogP contribution in [0, 0.1) is 40.9 Å². The second-order valence-corrected chi connectivity index (χ2v) is 8.44. The van der Waals surface area contributed by atoms with Crippen molar-refractivity contribution in [1.29, 1.82) is 0 Å². The van der Waals surface area contributed by atoms with E-state index in [0.717, 1.165) is 24.2 Å². The zero-order valence-electron chi connectivity index (χ0n) is 13.1. The summed E-state index contributed by atoms with van der Waals surface area (Å²) in [4.78, 5) is 23.4. The van der Waals surface area contributed by atoms with Crippen LogP contribution in [0.5, 0.6) is 0 Å². The molecule has 1 saturated heterocycles. The average molecular weight is 304 g/mol. The van der Waals surface area contributed by atoms with Crippen LogP contribution >= 0.6 is 0 Å². The Morgan fingerprint density at radius 3 is 2.86 bits per heavy atom. The highest BCUT2D eigenvalue weighted by Gasteiger charge is 2.70. The highest BCUT2D eigenvalue weighted by Crippen LogP contribution is 2.73. The number of hydrogen-bond acceptors (Lipinski definition) is 4. The molecule has 4 saturated carbocycles. The summed E-state index contributed by atoms with van der Waals surface area (Å²) in [6, 6.07) is 0. The molecule has 4 aliphatic carbocycles. The number of esters is 2. The molecule has 0 aromatic rings. The highest BCUT2D eigenvalue weighted by atomic mass is 16.5. The van der Waals surface area contributed by atoms with Crippen molar-refractivity contribution in [2.75, 3.05) is 6.61 Å². The van der Waals surface area contributed by atoms with Crippen LogP contribution in [0.15, 0.2) is 0 Å². The van der Waals surface area contributed by atoms with Crippen LogP contribution in [0.1, 0.15) is 45.4 Å². The van der Waals surface area contributed by atoms with E-state index in [9.17, 15) is 9.59 Å². The lowest BCUT2D eigenvalue weighted by molar-refractivity contribution is -0.154. The standard InChI is InChI=1S/C18H24O4/c1-2-14(19)22-13-5-9-3-11(13)17-12-4-10(16(9)17)6-18(12)7-15(20)21-8-18/h9-13,16-17H,2-8H2,1H3. The first-order chi connectivity index (χ1) is 10.6. The monoisotopic (exact) mass is 304 g/mol. The van der Waals surface area contributed by atoms with Crippen LogP contribution in [0.25, 0.3) is 0 Å². The van der Waals surface area contributed by atoms with E-state index in [2.05, 4.69) is 0 Å². The highest BCUT2D eigenvalue weighted by molar-refractivity contribution is 5.72. The van der Waals surface area contributed by atoms with E-state index in [-0.39, 0.29) is 23.5 Å². The molecule has 0 aromatic heterocycles. The topological polar surface area (TPSA) is 52.6 Å². The van der Waals surface area contributed by atoms with Gasteiger partial charge in [-0.2, -0.15) is 0 Å². The number of carbonyl (C=O) groups is 2. The van der Waals surface area contributed by atoms with Gasteiger partial charge in [0.1, 0.15) is 6.10 Å². The number of fused-ring (bicyclic) bond motifs is 10. The van der Waals surface area contributed by atoms with E-state index in [4.69, 9.17) is 9.47 Å². The molecular formula is C18H24O4. The van der Waals surface area contributed by atoms with Crippen LogP contribution in [0.2, 0.25) is 0 Å². The maximum atomic E-state index is 11.7. The Labute approximate surface area is 130 Å². The van der Waals surface area contributed by atoms with Crippen molar-refractivity contribution >= 4 is 11.9 Å². The first-order valence-electron chi connectivity index (χ1n) is 8.96. The fourth-order valence-electron chi connectivity index (χ4n) is 7.22. The third kappa shape index (κ3) is 1.54. The van der Waals surface area contributed by atoms with Crippen molar-refractivity contribution in [3.8, 4) is 0 Å². The van der Waals surface area contributed by atoms with Gasteiger partial charge in [0.15, 0.2) is 0 Å². The molecule has 120 valence electrons. The van der Waals surface area contributed by atoms with Gasteiger partial charge in [-0.05, 0) is 61.2 Å². The lowest BCUT2D eigenvalue weighted by atomic mass is 9.60. The molecule has 0 radical (unpaired) electrons. The summed E-state index contributed by atoms with van der Waals surface area (Å²) in [5, 5.41) is 0. The Kier molecular flexibility index (Phi) is 2.60. The second-order valence-electron chi connectivity index (χ2n) is 8.44. The predicted molar refractivity (Wildman–Crippen MR) is 77.6 cm³/mol. The van der Waals surface area contributed by atoms with E-state index in [0.29, 0.717) is 37.2 Å². The van der Waals surface area contributed by atoms with E-state index in [1.807, 2.05) is 6.92 Å². The summed E-state index contributed by atoms with van der Waals surface area (Å²) in [5.41, 5.74) is 0.132. The first kappa shape index (κ1) is 13.4. The number of cyclic esters (lactones) is 1. The van der Waals surface area contributed by atoms with Crippen molar-refractivity contribution in [1.82, 2.24) is 0 Å². The third-order valence-electron chi connectivity index (χ3n) is 7.68. The van der Waals surface area contributed by atoms with Crippen LogP contribution in [0.3, 0.4) is 0 Å². The van der Waals surface area contributed by atoms with Crippen molar-refractivity contribution < 1.29 is 19.1 Å². The van der Waals surface area contributed by atoms with Gasteiger partial charge in [-0.3, -0.25) is 9.59 Å². The smallest absolute Gasteiger partial charge is 0.306 e. The van der Waals surface area contributed by atoms with E-state index < -0.39 is 0 Å². The quantitative estimate of drug-likeness (QED) is 0.581. The Hall–Kier alpha value is -1.06. The molecule has 22 heavy (non-hydrogen) atoms. The lowest BCUT2D eigenvalue weighted by Crippen LogP contribution is -2.44. The molecule has 8 atom stereocenters. The van der Waals surface area contributed by atoms with Crippen molar-refractivity contribution in [2.24, 2.45) is 40.9 Å². The molecule has 4 heteroatoms. The van der Waals surface area contributed by atoms with E-state index in [1.54, 1.807) is 0 Å². The maximum absolute atomic E-state index is 11.7. The van der Waals surface area contributed by atoms with Gasteiger partial charge in [-0.1, -0.05) is 6.92 Å². The van der Waals surface area contributed by atoms with Gasteiger partial charge < -0.3 is 9.47 Å². The molecule has 0 N–H and O–H groups in total. The lowest BCUT2D eigenvalue weighted by Gasteiger charge is -2.45. The van der Waals surface area contributed by atoms with Gasteiger partial charge in [0.2, 0.25) is 0 Å². The van der Waals surface area contributed by atoms with Crippen molar-refractivity contribution in [3.05, 3.63) is 0 Å². The van der Waals surface area contributed by atoms with Crippen LogP contribution in [-0.4, -0.2) is 24.6 Å². The Morgan fingerprint density at radius 1 is 1.27 bits per heavy atom. The summed E-state index contributed by atoms with van der Waals surface area (Å²) in [7, 11) is 0. The van der Waals surface area contributed by atoms with Gasteiger partial charge in [0.25, 0.3) is 0 Å². The average Bonchev–Trinajstić information content (AvgIpc) is 3.25. The summed E-state index contributed by atoms with van der Waals surface area (Å²) in [5.74, 6) is 4.21. The van der Waals surface area contributed by atoms with Gasteiger partial charge in [0, 0.05) is 11.8 Å². The Morgan fingerprint density at radius 2 is 2.14 bits per heavy atom. The van der Waals surface area contributed by atoms with Gasteiger partial charge in [0.05, 0.1) is 13.0 Å². The minimum Gasteiger partial charge on any atom is -0.465 e. The molecule has 5 rings (SSSR count). The summed E-state index contributed by atoms with van der Waals surface area (Å²) in [6.45, 7) is 2.51. The van der Waals surface area contributed by atoms with Crippen molar-refractivity contribution in [2.45, 2.75) is 51.6 Å². The molecule has 8 unspecified atom stereocenters. The van der Waals surface area contributed by atoms with Crippen molar-refractivity contribution in [3.63, 3.8) is 0 Å². The maximum Gasteiger partial charge on any atom is 0.306 e. The Balaban J connectivity index is 1.41. The largest absolute Gasteiger partial charge is 0.465 e. The first-order valence-corrected chi connectivity index (χ1v) is 8.96. The van der Waals surface area contributed by atoms with E-state index in [1.165, 1.54) is 19.3 Å². The van der Waals surface area contributed by atoms with Gasteiger partial charge in [-0.25, -0.2) is 0 Å². The Bertz CT molecular complexity index is 543. The molecule has 1 spiro atoms. The zero-order chi connectivity index (χ0) is 15.1. The number of ether oxygens (including phenoxy) is 2. The molecule has 0 amide bonds. The number of rotatable bonds is 2. The second kappa shape index (κ2) is 4.27. The fourth-order valence-corrected chi connectivity index (χ4v) is 7.22. The molecule has 5 aliphatic rings. The number of hydrogen-bond donors (Lipinski definition) is 0. The van der Waals surface area contributed by atoms with Crippen LogP contribution in [0.4, 0.5) is 0 Å². The minimum atomic E-state index is -0.0497. The number of carbonyl (C=O) groups excluding carboxylic acids is 2. The predicted octanol–water partition coefficient (Wildman–Crippen LogP) is 2.55. The van der Waals surface area contributed by atoms with E-state index >= 15 is 0 Å². The fraction of sp³-hybridized carbons (Fsp3) is 0.889. The van der Waals surface area contributed by atoms with Crippen LogP contribution in [-0.2, 0) is 19.1 Å². The summed E-state index contributed by atoms with van der Waals surface area (Å²) < 4.78 is 11.1. The molecule has 4 nitrogen and oxygen atoms in total. The van der Waals surface area contributed by atoms with Gasteiger partial charge >= 0.3 is 11.9 Å². The van der Waals surface area contributed by atoms with Crippen LogP contribution < -0.4 is 0 Å². The third-order valence-corrected chi connectivity index (χ3v) is 7.68. The zero-order valence-corrected chi connectivity index (χ0v) is 13.1. The molecular weight excluding hydrogens is 280 g/mol. The molecule has 0 aromatic carbocycles. The molecule has 1 aliphatic heterocycles.